The lowest BCUT2D eigenvalue weighted by Gasteiger charge is -2.12. The van der Waals surface area contributed by atoms with Crippen LogP contribution in [0.3, 0.4) is 0 Å². The van der Waals surface area contributed by atoms with Gasteiger partial charge in [0.2, 0.25) is 0 Å². The van der Waals surface area contributed by atoms with Gasteiger partial charge >= 0.3 is 0 Å². The molecule has 1 unspecified atom stereocenters. The number of nitrogens with two attached hydrogens (primary N) is 1. The molecule has 0 spiro atoms. The molecule has 1 rings (SSSR count). The van der Waals surface area contributed by atoms with Crippen molar-refractivity contribution in [3.8, 4) is 0 Å². The van der Waals surface area contributed by atoms with Gasteiger partial charge in [-0.2, -0.15) is 0 Å². The Morgan fingerprint density at radius 3 is 2.86 bits per heavy atom. The normalized spacial score (nSPS) is 13.9. The SMILES string of the molecule is CC(NCC(N)=NO)c1ccncc1. The summed E-state index contributed by atoms with van der Waals surface area (Å²) in [6.45, 7) is 2.36. The topological polar surface area (TPSA) is 83.5 Å². The Bertz CT molecular complexity index is 299. The van der Waals surface area contributed by atoms with Crippen LogP contribution in [0.25, 0.3) is 0 Å². The van der Waals surface area contributed by atoms with Gasteiger partial charge in [0.05, 0.1) is 6.54 Å². The van der Waals surface area contributed by atoms with Crippen molar-refractivity contribution in [1.82, 2.24) is 10.3 Å². The minimum absolute atomic E-state index is 0.151. The zero-order chi connectivity index (χ0) is 10.4. The van der Waals surface area contributed by atoms with Crippen LogP contribution in [-0.4, -0.2) is 22.6 Å². The van der Waals surface area contributed by atoms with Gasteiger partial charge < -0.3 is 16.3 Å². The van der Waals surface area contributed by atoms with E-state index in [0.717, 1.165) is 5.56 Å². The summed E-state index contributed by atoms with van der Waals surface area (Å²) in [7, 11) is 0. The van der Waals surface area contributed by atoms with Crippen LogP contribution in [0.15, 0.2) is 29.7 Å². The third-order valence-corrected chi connectivity index (χ3v) is 1.92. The molecule has 1 aromatic heterocycles. The first-order valence-electron chi connectivity index (χ1n) is 4.33. The molecule has 0 aromatic carbocycles. The van der Waals surface area contributed by atoms with Gasteiger partial charge in [-0.15, -0.1) is 0 Å². The van der Waals surface area contributed by atoms with Crippen LogP contribution in [0, 0.1) is 0 Å². The molecule has 1 atom stereocenters. The third-order valence-electron chi connectivity index (χ3n) is 1.92. The van der Waals surface area contributed by atoms with Gasteiger partial charge in [-0.25, -0.2) is 0 Å². The Labute approximate surface area is 82.6 Å². The molecule has 5 heteroatoms. The minimum Gasteiger partial charge on any atom is -0.409 e. The van der Waals surface area contributed by atoms with Crippen LogP contribution in [0.5, 0.6) is 0 Å². The maximum Gasteiger partial charge on any atom is 0.153 e. The molecule has 14 heavy (non-hydrogen) atoms. The van der Waals surface area contributed by atoms with Gasteiger partial charge in [0.25, 0.3) is 0 Å². The number of pyridine rings is 1. The molecule has 0 radical (unpaired) electrons. The molecule has 0 aliphatic heterocycles. The Morgan fingerprint density at radius 2 is 2.29 bits per heavy atom. The Morgan fingerprint density at radius 1 is 1.64 bits per heavy atom. The highest BCUT2D eigenvalue weighted by atomic mass is 16.4. The van der Waals surface area contributed by atoms with Gasteiger partial charge in [-0.05, 0) is 24.6 Å². The summed E-state index contributed by atoms with van der Waals surface area (Å²) in [6.07, 6.45) is 3.47. The van der Waals surface area contributed by atoms with Crippen molar-refractivity contribution in [1.29, 1.82) is 0 Å². The first-order valence-corrected chi connectivity index (χ1v) is 4.33. The fourth-order valence-corrected chi connectivity index (χ4v) is 1.06. The van der Waals surface area contributed by atoms with E-state index in [0.29, 0.717) is 6.54 Å². The van der Waals surface area contributed by atoms with Gasteiger partial charge in [0.1, 0.15) is 0 Å². The Balaban J connectivity index is 2.47. The maximum absolute atomic E-state index is 8.33. The van der Waals surface area contributed by atoms with Crippen LogP contribution in [0.1, 0.15) is 18.5 Å². The van der Waals surface area contributed by atoms with E-state index in [1.54, 1.807) is 12.4 Å². The molecule has 0 bridgehead atoms. The first kappa shape index (κ1) is 10.5. The van der Waals surface area contributed by atoms with Crippen LogP contribution in [0.4, 0.5) is 0 Å². The summed E-state index contributed by atoms with van der Waals surface area (Å²) in [5, 5.41) is 14.3. The Hall–Kier alpha value is -1.62. The summed E-state index contributed by atoms with van der Waals surface area (Å²) in [5.74, 6) is 0.172. The molecule has 0 aliphatic rings. The smallest absolute Gasteiger partial charge is 0.153 e. The number of nitrogens with one attached hydrogen (secondary N) is 1. The lowest BCUT2D eigenvalue weighted by Crippen LogP contribution is -2.30. The van der Waals surface area contributed by atoms with E-state index in [4.69, 9.17) is 10.9 Å². The number of nitrogens with zero attached hydrogens (tertiary/aromatic N) is 2. The van der Waals surface area contributed by atoms with Crippen LogP contribution < -0.4 is 11.1 Å². The zero-order valence-electron chi connectivity index (χ0n) is 8.01. The molecule has 5 nitrogen and oxygen atoms in total. The predicted octanol–water partition coefficient (Wildman–Crippen LogP) is 0.479. The molecular weight excluding hydrogens is 180 g/mol. The van der Waals surface area contributed by atoms with Crippen molar-refractivity contribution in [3.05, 3.63) is 30.1 Å². The summed E-state index contributed by atoms with van der Waals surface area (Å²) in [5.41, 5.74) is 6.44. The second-order valence-corrected chi connectivity index (χ2v) is 2.97. The fourth-order valence-electron chi connectivity index (χ4n) is 1.06. The van der Waals surface area contributed by atoms with Gasteiger partial charge in [-0.3, -0.25) is 4.98 Å². The number of oxime groups is 1. The number of rotatable bonds is 4. The van der Waals surface area contributed by atoms with E-state index in [-0.39, 0.29) is 11.9 Å². The highest BCUT2D eigenvalue weighted by Crippen LogP contribution is 2.08. The summed E-state index contributed by atoms with van der Waals surface area (Å²) >= 11 is 0. The number of aromatic nitrogens is 1. The van der Waals surface area contributed by atoms with Crippen molar-refractivity contribution in [3.63, 3.8) is 0 Å². The predicted molar refractivity (Wildman–Crippen MR) is 54.1 cm³/mol. The molecule has 0 saturated heterocycles. The summed E-state index contributed by atoms with van der Waals surface area (Å²) in [6, 6.07) is 3.99. The first-order chi connectivity index (χ1) is 6.74. The van der Waals surface area contributed by atoms with Crippen molar-refractivity contribution in [2.24, 2.45) is 10.9 Å². The van der Waals surface area contributed by atoms with Crippen molar-refractivity contribution >= 4 is 5.84 Å². The molecule has 1 aromatic rings. The average molecular weight is 194 g/mol. The minimum atomic E-state index is 0.151. The molecule has 0 saturated carbocycles. The molecule has 76 valence electrons. The molecule has 0 fully saturated rings. The van der Waals surface area contributed by atoms with Gasteiger partial charge in [0.15, 0.2) is 5.84 Å². The fraction of sp³-hybridized carbons (Fsp3) is 0.333. The summed E-state index contributed by atoms with van der Waals surface area (Å²) in [4.78, 5) is 3.92. The zero-order valence-corrected chi connectivity index (χ0v) is 8.01. The third kappa shape index (κ3) is 3.02. The molecule has 1 heterocycles. The van der Waals surface area contributed by atoms with E-state index in [2.05, 4.69) is 15.5 Å². The standard InChI is InChI=1S/C9H14N4O/c1-7(12-6-9(10)13-14)8-2-4-11-5-3-8/h2-5,7,12,14H,6H2,1H3,(H2,10,13). The van der Waals surface area contributed by atoms with E-state index in [1.165, 1.54) is 0 Å². The highest BCUT2D eigenvalue weighted by Gasteiger charge is 2.04. The average Bonchev–Trinajstić information content (AvgIpc) is 2.26. The van der Waals surface area contributed by atoms with Crippen molar-refractivity contribution in [2.45, 2.75) is 13.0 Å². The van der Waals surface area contributed by atoms with Crippen LogP contribution in [0.2, 0.25) is 0 Å². The lowest BCUT2D eigenvalue weighted by atomic mass is 10.1. The second-order valence-electron chi connectivity index (χ2n) is 2.97. The molecular formula is C9H14N4O. The largest absolute Gasteiger partial charge is 0.409 e. The van der Waals surface area contributed by atoms with Crippen molar-refractivity contribution in [2.75, 3.05) is 6.54 Å². The maximum atomic E-state index is 8.33. The molecule has 4 N–H and O–H groups in total. The van der Waals surface area contributed by atoms with E-state index >= 15 is 0 Å². The molecule has 0 amide bonds. The quantitative estimate of drug-likeness (QED) is 0.282. The lowest BCUT2D eigenvalue weighted by molar-refractivity contribution is 0.316. The molecule has 0 aliphatic carbocycles. The van der Waals surface area contributed by atoms with Crippen LogP contribution >= 0.6 is 0 Å². The van der Waals surface area contributed by atoms with E-state index in [1.807, 2.05) is 19.1 Å². The van der Waals surface area contributed by atoms with Gasteiger partial charge in [-0.1, -0.05) is 5.16 Å². The number of hydrogen-bond acceptors (Lipinski definition) is 4. The number of amidine groups is 1. The highest BCUT2D eigenvalue weighted by molar-refractivity contribution is 5.81. The van der Waals surface area contributed by atoms with E-state index in [9.17, 15) is 0 Å². The Kier molecular flexibility index (Phi) is 3.87. The van der Waals surface area contributed by atoms with E-state index < -0.39 is 0 Å². The van der Waals surface area contributed by atoms with Gasteiger partial charge in [0, 0.05) is 18.4 Å². The second kappa shape index (κ2) is 5.18. The van der Waals surface area contributed by atoms with Crippen LogP contribution in [-0.2, 0) is 0 Å². The van der Waals surface area contributed by atoms with Crippen molar-refractivity contribution < 1.29 is 5.21 Å². The summed E-state index contributed by atoms with van der Waals surface area (Å²) < 4.78 is 0. The monoisotopic (exact) mass is 194 g/mol. The number of hydrogen-bond donors (Lipinski definition) is 3.